The number of benzene rings is 1. The molecule has 0 aliphatic rings. The molecule has 1 aromatic carbocycles. The lowest BCUT2D eigenvalue weighted by Crippen LogP contribution is -2.19. The number of ether oxygens (including phenoxy) is 1. The number of nitrogens with one attached hydrogen (secondary N) is 1. The summed E-state index contributed by atoms with van der Waals surface area (Å²) in [6.45, 7) is 0.120. The third-order valence-electron chi connectivity index (χ3n) is 2.16. The van der Waals surface area contributed by atoms with E-state index in [-0.39, 0.29) is 12.4 Å². The molecule has 0 heterocycles. The SMILES string of the molecule is COCCS(=O)(=O)Nc1ccc(/C=C/C(=O)O)cc1. The molecule has 0 aromatic heterocycles. The Kier molecular flexibility index (Phi) is 5.53. The summed E-state index contributed by atoms with van der Waals surface area (Å²) >= 11 is 0. The zero-order chi connectivity index (χ0) is 14.3. The largest absolute Gasteiger partial charge is 0.478 e. The molecule has 0 saturated heterocycles. The summed E-state index contributed by atoms with van der Waals surface area (Å²) in [5, 5.41) is 8.47. The molecule has 0 amide bonds. The fourth-order valence-corrected chi connectivity index (χ4v) is 2.24. The van der Waals surface area contributed by atoms with Gasteiger partial charge in [0.25, 0.3) is 0 Å². The van der Waals surface area contributed by atoms with Crippen molar-refractivity contribution in [1.29, 1.82) is 0 Å². The van der Waals surface area contributed by atoms with Gasteiger partial charge in [0.05, 0.1) is 12.4 Å². The summed E-state index contributed by atoms with van der Waals surface area (Å²) in [7, 11) is -1.99. The van der Waals surface area contributed by atoms with Crippen molar-refractivity contribution < 1.29 is 23.1 Å². The number of aliphatic carboxylic acids is 1. The first-order valence-corrected chi connectivity index (χ1v) is 7.09. The first kappa shape index (κ1) is 15.2. The lowest BCUT2D eigenvalue weighted by atomic mass is 10.2. The average Bonchev–Trinajstić information content (AvgIpc) is 2.35. The van der Waals surface area contributed by atoms with Crippen LogP contribution in [-0.4, -0.2) is 39.0 Å². The number of methoxy groups -OCH3 is 1. The Morgan fingerprint density at radius 3 is 2.53 bits per heavy atom. The van der Waals surface area contributed by atoms with E-state index in [9.17, 15) is 13.2 Å². The van der Waals surface area contributed by atoms with Crippen LogP contribution in [0.1, 0.15) is 5.56 Å². The van der Waals surface area contributed by atoms with Gasteiger partial charge in [0.2, 0.25) is 10.0 Å². The molecule has 0 saturated carbocycles. The monoisotopic (exact) mass is 285 g/mol. The molecular formula is C12H15NO5S. The molecule has 0 fully saturated rings. The van der Waals surface area contributed by atoms with Gasteiger partial charge < -0.3 is 9.84 Å². The van der Waals surface area contributed by atoms with Crippen molar-refractivity contribution in [3.63, 3.8) is 0 Å². The molecule has 6 nitrogen and oxygen atoms in total. The number of hydrogen-bond donors (Lipinski definition) is 2. The van der Waals surface area contributed by atoms with Crippen LogP contribution in [0.15, 0.2) is 30.3 Å². The fourth-order valence-electron chi connectivity index (χ4n) is 1.25. The van der Waals surface area contributed by atoms with Crippen molar-refractivity contribution in [3.05, 3.63) is 35.9 Å². The van der Waals surface area contributed by atoms with E-state index in [4.69, 9.17) is 9.84 Å². The Morgan fingerprint density at radius 2 is 2.00 bits per heavy atom. The molecule has 0 spiro atoms. The van der Waals surface area contributed by atoms with E-state index in [1.54, 1.807) is 24.3 Å². The second-order valence-electron chi connectivity index (χ2n) is 3.71. The minimum Gasteiger partial charge on any atom is -0.478 e. The molecule has 1 aromatic rings. The lowest BCUT2D eigenvalue weighted by Gasteiger charge is -2.07. The third-order valence-corrected chi connectivity index (χ3v) is 3.41. The van der Waals surface area contributed by atoms with Crippen molar-refractivity contribution in [2.24, 2.45) is 0 Å². The molecule has 0 bridgehead atoms. The first-order chi connectivity index (χ1) is 8.93. The summed E-state index contributed by atoms with van der Waals surface area (Å²) in [5.74, 6) is -1.16. The normalized spacial score (nSPS) is 11.6. The van der Waals surface area contributed by atoms with Crippen LogP contribution in [0.4, 0.5) is 5.69 Å². The maximum absolute atomic E-state index is 11.6. The summed E-state index contributed by atoms with van der Waals surface area (Å²) in [6.07, 6.45) is 2.43. The van der Waals surface area contributed by atoms with E-state index in [0.29, 0.717) is 11.3 Å². The van der Waals surface area contributed by atoms with E-state index < -0.39 is 16.0 Å². The molecule has 1 rings (SSSR count). The highest BCUT2D eigenvalue weighted by molar-refractivity contribution is 7.92. The van der Waals surface area contributed by atoms with Crippen molar-refractivity contribution in [1.82, 2.24) is 0 Å². The predicted molar refractivity (Wildman–Crippen MR) is 72.4 cm³/mol. The molecule has 0 radical (unpaired) electrons. The van der Waals surface area contributed by atoms with E-state index in [1.807, 2.05) is 0 Å². The fraction of sp³-hybridized carbons (Fsp3) is 0.250. The predicted octanol–water partition coefficient (Wildman–Crippen LogP) is 1.17. The Balaban J connectivity index is 2.69. The van der Waals surface area contributed by atoms with Gasteiger partial charge in [-0.25, -0.2) is 13.2 Å². The highest BCUT2D eigenvalue weighted by Gasteiger charge is 2.09. The molecule has 0 aliphatic heterocycles. The summed E-state index contributed by atoms with van der Waals surface area (Å²) in [6, 6.07) is 6.36. The van der Waals surface area contributed by atoms with Crippen molar-refractivity contribution in [2.45, 2.75) is 0 Å². The molecular weight excluding hydrogens is 270 g/mol. The van der Waals surface area contributed by atoms with Gasteiger partial charge in [-0.05, 0) is 23.8 Å². The zero-order valence-electron chi connectivity index (χ0n) is 10.4. The molecule has 0 atom stereocenters. The molecule has 0 aliphatic carbocycles. The van der Waals surface area contributed by atoms with Crippen LogP contribution in [0.3, 0.4) is 0 Å². The molecule has 7 heteroatoms. The van der Waals surface area contributed by atoms with Gasteiger partial charge in [0, 0.05) is 18.9 Å². The first-order valence-electron chi connectivity index (χ1n) is 5.43. The Hall–Kier alpha value is -1.86. The summed E-state index contributed by atoms with van der Waals surface area (Å²) < 4.78 is 30.3. The lowest BCUT2D eigenvalue weighted by molar-refractivity contribution is -0.131. The van der Waals surface area contributed by atoms with Gasteiger partial charge in [-0.2, -0.15) is 0 Å². The van der Waals surface area contributed by atoms with Gasteiger partial charge >= 0.3 is 5.97 Å². The van der Waals surface area contributed by atoms with Gasteiger partial charge in [-0.1, -0.05) is 12.1 Å². The van der Waals surface area contributed by atoms with Crippen LogP contribution < -0.4 is 4.72 Å². The maximum atomic E-state index is 11.6. The smallest absolute Gasteiger partial charge is 0.328 e. The van der Waals surface area contributed by atoms with Gasteiger partial charge in [0.1, 0.15) is 0 Å². The van der Waals surface area contributed by atoms with E-state index in [1.165, 1.54) is 13.2 Å². The van der Waals surface area contributed by atoms with E-state index in [0.717, 1.165) is 6.08 Å². The second kappa shape index (κ2) is 6.91. The molecule has 2 N–H and O–H groups in total. The Morgan fingerprint density at radius 1 is 1.37 bits per heavy atom. The highest BCUT2D eigenvalue weighted by atomic mass is 32.2. The highest BCUT2D eigenvalue weighted by Crippen LogP contribution is 2.12. The number of carboxylic acids is 1. The molecule has 0 unspecified atom stereocenters. The summed E-state index contributed by atoms with van der Waals surface area (Å²) in [5.41, 5.74) is 1.09. The van der Waals surface area contributed by atoms with Crippen molar-refractivity contribution >= 4 is 27.8 Å². The number of sulfonamides is 1. The minimum absolute atomic E-state index is 0.120. The van der Waals surface area contributed by atoms with Gasteiger partial charge in [-0.3, -0.25) is 4.72 Å². The van der Waals surface area contributed by atoms with Crippen LogP contribution in [0.5, 0.6) is 0 Å². The summed E-state index contributed by atoms with van der Waals surface area (Å²) in [4.78, 5) is 10.3. The maximum Gasteiger partial charge on any atom is 0.328 e. The van der Waals surface area contributed by atoms with E-state index >= 15 is 0 Å². The zero-order valence-corrected chi connectivity index (χ0v) is 11.2. The average molecular weight is 285 g/mol. The van der Waals surface area contributed by atoms with Crippen molar-refractivity contribution in [2.75, 3.05) is 24.2 Å². The number of carbonyl (C=O) groups is 1. The van der Waals surface area contributed by atoms with Crippen LogP contribution in [0.25, 0.3) is 6.08 Å². The van der Waals surface area contributed by atoms with E-state index in [2.05, 4.69) is 4.72 Å². The quantitative estimate of drug-likeness (QED) is 0.734. The number of rotatable bonds is 7. The standard InChI is InChI=1S/C12H15NO5S/c1-18-8-9-19(16,17)13-11-5-2-10(3-6-11)4-7-12(14)15/h2-7,13H,8-9H2,1H3,(H,14,15)/b7-4+. The van der Waals surface area contributed by atoms with Gasteiger partial charge in [-0.15, -0.1) is 0 Å². The third kappa shape index (κ3) is 6.03. The number of hydrogen-bond acceptors (Lipinski definition) is 4. The second-order valence-corrected chi connectivity index (χ2v) is 5.55. The van der Waals surface area contributed by atoms with Gasteiger partial charge in [0.15, 0.2) is 0 Å². The topological polar surface area (TPSA) is 92.7 Å². The molecule has 19 heavy (non-hydrogen) atoms. The van der Waals surface area contributed by atoms with Crippen LogP contribution >= 0.6 is 0 Å². The minimum atomic E-state index is -3.42. The number of carboxylic acid groups (broad SMARTS) is 1. The molecule has 104 valence electrons. The Labute approximate surface area is 111 Å². The Bertz CT molecular complexity index is 548. The van der Waals surface area contributed by atoms with Crippen LogP contribution in [0.2, 0.25) is 0 Å². The number of anilines is 1. The van der Waals surface area contributed by atoms with Crippen molar-refractivity contribution in [3.8, 4) is 0 Å². The van der Waals surface area contributed by atoms with Crippen LogP contribution in [0, 0.1) is 0 Å². The van der Waals surface area contributed by atoms with Crippen LogP contribution in [-0.2, 0) is 19.6 Å².